The van der Waals surface area contributed by atoms with Gasteiger partial charge in [0.1, 0.15) is 0 Å². The summed E-state index contributed by atoms with van der Waals surface area (Å²) in [5.74, 6) is -1.55. The molecule has 20 heavy (non-hydrogen) atoms. The van der Waals surface area contributed by atoms with Crippen LogP contribution in [0.4, 0.5) is 10.5 Å². The van der Waals surface area contributed by atoms with Crippen molar-refractivity contribution in [3.8, 4) is 0 Å². The molecule has 0 radical (unpaired) electrons. The maximum absolute atomic E-state index is 11.8. The molecule has 4 N–H and O–H groups in total. The summed E-state index contributed by atoms with van der Waals surface area (Å²) < 4.78 is 4.91. The van der Waals surface area contributed by atoms with Gasteiger partial charge in [-0.1, -0.05) is 11.6 Å². The number of esters is 1. The van der Waals surface area contributed by atoms with E-state index >= 15 is 0 Å². The summed E-state index contributed by atoms with van der Waals surface area (Å²) in [6.45, 7) is 1.33. The number of ether oxygens (including phenoxy) is 1. The zero-order valence-electron chi connectivity index (χ0n) is 10.9. The summed E-state index contributed by atoms with van der Waals surface area (Å²) in [6.07, 6.45) is -1.15. The quantitative estimate of drug-likeness (QED) is 0.568. The molecule has 0 spiro atoms. The number of anilines is 1. The molecule has 3 amide bonds. The maximum atomic E-state index is 11.8. The fraction of sp³-hybridized carbons (Fsp3) is 0.250. The molecule has 1 rings (SSSR count). The van der Waals surface area contributed by atoms with Gasteiger partial charge >= 0.3 is 12.0 Å². The van der Waals surface area contributed by atoms with Crippen molar-refractivity contribution in [1.82, 2.24) is 10.6 Å². The van der Waals surface area contributed by atoms with Crippen molar-refractivity contribution in [1.29, 1.82) is 0 Å². The van der Waals surface area contributed by atoms with Crippen molar-refractivity contribution in [2.75, 3.05) is 12.8 Å². The van der Waals surface area contributed by atoms with Crippen LogP contribution in [0.3, 0.4) is 0 Å². The number of hydrogen-bond donors (Lipinski definition) is 3. The summed E-state index contributed by atoms with van der Waals surface area (Å²) >= 11 is 5.75. The molecule has 7 nitrogen and oxygen atoms in total. The van der Waals surface area contributed by atoms with Gasteiger partial charge in [0.2, 0.25) is 0 Å². The summed E-state index contributed by atoms with van der Waals surface area (Å²) in [6, 6.07) is 3.62. The van der Waals surface area contributed by atoms with Crippen molar-refractivity contribution in [2.24, 2.45) is 0 Å². The van der Waals surface area contributed by atoms with Crippen molar-refractivity contribution in [3.63, 3.8) is 0 Å². The van der Waals surface area contributed by atoms with Crippen LogP contribution in [0, 0.1) is 0 Å². The van der Waals surface area contributed by atoms with E-state index in [9.17, 15) is 14.4 Å². The number of imide groups is 1. The second-order valence-electron chi connectivity index (χ2n) is 3.85. The molecule has 0 aromatic heterocycles. The predicted molar refractivity (Wildman–Crippen MR) is 73.3 cm³/mol. The van der Waals surface area contributed by atoms with E-state index in [0.29, 0.717) is 5.02 Å². The molecule has 0 aliphatic carbocycles. The highest BCUT2D eigenvalue weighted by Gasteiger charge is 2.21. The van der Waals surface area contributed by atoms with Gasteiger partial charge in [0.05, 0.1) is 5.56 Å². The summed E-state index contributed by atoms with van der Waals surface area (Å²) in [4.78, 5) is 34.3. The van der Waals surface area contributed by atoms with Crippen LogP contribution in [0.2, 0.25) is 5.02 Å². The van der Waals surface area contributed by atoms with Crippen molar-refractivity contribution >= 4 is 35.2 Å². The van der Waals surface area contributed by atoms with Gasteiger partial charge in [0.15, 0.2) is 6.10 Å². The van der Waals surface area contributed by atoms with Crippen molar-refractivity contribution in [2.45, 2.75) is 13.0 Å². The Morgan fingerprint density at radius 1 is 1.35 bits per heavy atom. The predicted octanol–water partition coefficient (Wildman–Crippen LogP) is 0.923. The number of carbonyl (C=O) groups is 3. The van der Waals surface area contributed by atoms with Gasteiger partial charge in [0.25, 0.3) is 5.91 Å². The smallest absolute Gasteiger partial charge is 0.341 e. The third-order valence-corrected chi connectivity index (χ3v) is 2.59. The first-order valence-corrected chi connectivity index (χ1v) is 6.01. The SMILES string of the molecule is CNC(=O)NC(=O)C(C)OC(=O)c1cc(Cl)ccc1N. The Bertz CT molecular complexity index is 548. The average Bonchev–Trinajstić information content (AvgIpc) is 2.40. The van der Waals surface area contributed by atoms with Gasteiger partial charge in [-0.15, -0.1) is 0 Å². The molecule has 0 saturated heterocycles. The fourth-order valence-electron chi connectivity index (χ4n) is 1.26. The van der Waals surface area contributed by atoms with Crippen LogP contribution in [-0.2, 0) is 9.53 Å². The first-order chi connectivity index (χ1) is 9.35. The lowest BCUT2D eigenvalue weighted by molar-refractivity contribution is -0.127. The second kappa shape index (κ2) is 6.76. The highest BCUT2D eigenvalue weighted by atomic mass is 35.5. The van der Waals surface area contributed by atoms with Crippen molar-refractivity contribution < 1.29 is 19.1 Å². The van der Waals surface area contributed by atoms with Gasteiger partial charge in [-0.2, -0.15) is 0 Å². The largest absolute Gasteiger partial charge is 0.449 e. The highest BCUT2D eigenvalue weighted by Crippen LogP contribution is 2.19. The molecule has 1 aromatic carbocycles. The summed E-state index contributed by atoms with van der Waals surface area (Å²) in [7, 11) is 1.35. The van der Waals surface area contributed by atoms with E-state index in [1.54, 1.807) is 0 Å². The van der Waals surface area contributed by atoms with E-state index in [2.05, 4.69) is 5.32 Å². The van der Waals surface area contributed by atoms with Gasteiger partial charge in [-0.25, -0.2) is 9.59 Å². The van der Waals surface area contributed by atoms with E-state index in [1.807, 2.05) is 5.32 Å². The van der Waals surface area contributed by atoms with Crippen LogP contribution >= 0.6 is 11.6 Å². The van der Waals surface area contributed by atoms with E-state index < -0.39 is 24.0 Å². The fourth-order valence-corrected chi connectivity index (χ4v) is 1.43. The molecular weight excluding hydrogens is 286 g/mol. The number of carbonyl (C=O) groups excluding carboxylic acids is 3. The van der Waals surface area contributed by atoms with Gasteiger partial charge in [0, 0.05) is 17.8 Å². The van der Waals surface area contributed by atoms with E-state index in [4.69, 9.17) is 22.1 Å². The number of amides is 3. The lowest BCUT2D eigenvalue weighted by atomic mass is 10.2. The molecule has 0 aliphatic heterocycles. The number of nitrogen functional groups attached to an aromatic ring is 1. The van der Waals surface area contributed by atoms with Crippen molar-refractivity contribution in [3.05, 3.63) is 28.8 Å². The first-order valence-electron chi connectivity index (χ1n) is 5.63. The second-order valence-corrected chi connectivity index (χ2v) is 4.28. The standard InChI is InChI=1S/C12H14ClN3O4/c1-6(10(17)16-12(19)15-2)20-11(18)8-5-7(13)3-4-9(8)14/h3-6H,14H2,1-2H3,(H2,15,16,17,19). The van der Waals surface area contributed by atoms with Crippen LogP contribution < -0.4 is 16.4 Å². The lowest BCUT2D eigenvalue weighted by Gasteiger charge is -2.13. The Morgan fingerprint density at radius 2 is 2.00 bits per heavy atom. The van der Waals surface area contributed by atoms with Gasteiger partial charge in [-0.3, -0.25) is 10.1 Å². The highest BCUT2D eigenvalue weighted by molar-refractivity contribution is 6.31. The number of nitrogens with one attached hydrogen (secondary N) is 2. The Kier molecular flexibility index (Phi) is 5.33. The van der Waals surface area contributed by atoms with Gasteiger partial charge < -0.3 is 15.8 Å². The number of nitrogens with two attached hydrogens (primary N) is 1. The molecule has 0 fully saturated rings. The van der Waals surface area contributed by atoms with E-state index in [0.717, 1.165) is 0 Å². The molecule has 0 saturated carbocycles. The minimum absolute atomic E-state index is 0.0529. The van der Waals surface area contributed by atoms with Crippen LogP contribution in [0.25, 0.3) is 0 Å². The number of halogens is 1. The number of urea groups is 1. The molecule has 0 heterocycles. The zero-order valence-corrected chi connectivity index (χ0v) is 11.7. The summed E-state index contributed by atoms with van der Waals surface area (Å²) in [5, 5.41) is 4.51. The Hall–Kier alpha value is -2.28. The normalized spacial score (nSPS) is 11.3. The molecule has 1 aromatic rings. The minimum atomic E-state index is -1.15. The van der Waals surface area contributed by atoms with E-state index in [-0.39, 0.29) is 11.3 Å². The number of benzene rings is 1. The summed E-state index contributed by atoms with van der Waals surface area (Å²) in [5.41, 5.74) is 5.85. The topological polar surface area (TPSA) is 111 Å². The first kappa shape index (κ1) is 15.8. The Balaban J connectivity index is 2.72. The molecule has 1 atom stereocenters. The third kappa shape index (κ3) is 4.13. The third-order valence-electron chi connectivity index (χ3n) is 2.35. The van der Waals surface area contributed by atoms with Crippen LogP contribution in [-0.4, -0.2) is 31.1 Å². The van der Waals surface area contributed by atoms with Crippen LogP contribution in [0.5, 0.6) is 0 Å². The lowest BCUT2D eigenvalue weighted by Crippen LogP contribution is -2.43. The molecule has 8 heteroatoms. The molecule has 0 aliphatic rings. The number of hydrogen-bond acceptors (Lipinski definition) is 5. The van der Waals surface area contributed by atoms with E-state index in [1.165, 1.54) is 32.2 Å². The maximum Gasteiger partial charge on any atom is 0.341 e. The molecule has 108 valence electrons. The zero-order chi connectivity index (χ0) is 15.3. The van der Waals surface area contributed by atoms with Crippen LogP contribution in [0.15, 0.2) is 18.2 Å². The minimum Gasteiger partial charge on any atom is -0.449 e. The molecular formula is C12H14ClN3O4. The number of rotatable bonds is 3. The molecule has 1 unspecified atom stereocenters. The monoisotopic (exact) mass is 299 g/mol. The van der Waals surface area contributed by atoms with Gasteiger partial charge in [-0.05, 0) is 25.1 Å². The Morgan fingerprint density at radius 3 is 2.60 bits per heavy atom. The average molecular weight is 300 g/mol. The molecule has 0 bridgehead atoms. The Labute approximate surface area is 120 Å². The van der Waals surface area contributed by atoms with Crippen LogP contribution in [0.1, 0.15) is 17.3 Å².